The van der Waals surface area contributed by atoms with Crippen molar-refractivity contribution in [1.82, 2.24) is 14.8 Å². The molecule has 2 N–H and O–H groups in total. The van der Waals surface area contributed by atoms with Crippen LogP contribution in [0.5, 0.6) is 5.75 Å². The maximum atomic E-state index is 13.4. The molecule has 4 rings (SSSR count). The summed E-state index contributed by atoms with van der Waals surface area (Å²) in [6, 6.07) is 13.5. The summed E-state index contributed by atoms with van der Waals surface area (Å²) in [5.74, 6) is 0.481. The zero-order valence-corrected chi connectivity index (χ0v) is 20.3. The molecule has 0 aliphatic carbocycles. The van der Waals surface area contributed by atoms with Gasteiger partial charge >= 0.3 is 0 Å². The van der Waals surface area contributed by atoms with Gasteiger partial charge in [-0.1, -0.05) is 30.3 Å². The summed E-state index contributed by atoms with van der Waals surface area (Å²) < 4.78 is 37.4. The molecule has 2 saturated heterocycles. The first-order valence-corrected chi connectivity index (χ1v) is 12.3. The Bertz CT molecular complexity index is 1040. The topological polar surface area (TPSA) is 121 Å². The lowest BCUT2D eigenvalue weighted by atomic mass is 9.98. The maximum absolute atomic E-state index is 13.4. The summed E-state index contributed by atoms with van der Waals surface area (Å²) in [6.07, 6.45) is 1.67. The van der Waals surface area contributed by atoms with Crippen LogP contribution in [0.4, 0.5) is 5.82 Å². The van der Waals surface area contributed by atoms with Crippen molar-refractivity contribution in [3.05, 3.63) is 54.2 Å². The van der Waals surface area contributed by atoms with Crippen LogP contribution in [0.1, 0.15) is 18.4 Å². The molecule has 1 aromatic carbocycles. The largest absolute Gasteiger partial charge is 0.487 e. The fourth-order valence-electron chi connectivity index (χ4n) is 4.20. The maximum Gasteiger partial charge on any atom is 0.266 e. The van der Waals surface area contributed by atoms with Crippen molar-refractivity contribution >= 4 is 34.2 Å². The number of sulfonamides is 1. The van der Waals surface area contributed by atoms with Crippen LogP contribution in [0.2, 0.25) is 0 Å². The predicted octanol–water partition coefficient (Wildman–Crippen LogP) is 1.59. The van der Waals surface area contributed by atoms with Crippen LogP contribution in [0, 0.1) is 0 Å². The van der Waals surface area contributed by atoms with E-state index in [4.69, 9.17) is 9.47 Å². The number of piperazine rings is 1. The molecule has 0 unspecified atom stereocenters. The van der Waals surface area contributed by atoms with E-state index in [1.807, 2.05) is 47.4 Å². The summed E-state index contributed by atoms with van der Waals surface area (Å²) in [7, 11) is -3.99. The molecule has 186 valence electrons. The molecule has 2 aliphatic heterocycles. The molecular formula is C22H29ClN4O6S. The molecule has 2 aromatic rings. The number of carbonyl (C=O) groups is 1. The van der Waals surface area contributed by atoms with Gasteiger partial charge in [0.05, 0.1) is 6.20 Å². The van der Waals surface area contributed by atoms with E-state index in [0.717, 1.165) is 11.4 Å². The third-order valence-corrected chi connectivity index (χ3v) is 8.81. The van der Waals surface area contributed by atoms with Gasteiger partial charge in [0.1, 0.15) is 18.2 Å². The van der Waals surface area contributed by atoms with Gasteiger partial charge in [-0.15, -0.1) is 12.4 Å². The number of hydrogen-bond donors (Lipinski definition) is 2. The summed E-state index contributed by atoms with van der Waals surface area (Å²) in [4.78, 5) is 18.8. The Hall–Kier alpha value is -2.44. The number of hydroxylamine groups is 1. The number of anilines is 1. The van der Waals surface area contributed by atoms with Gasteiger partial charge < -0.3 is 14.4 Å². The first kappa shape index (κ1) is 26.2. The highest BCUT2D eigenvalue weighted by Gasteiger charge is 2.54. The molecule has 34 heavy (non-hydrogen) atoms. The number of benzene rings is 1. The molecule has 2 fully saturated rings. The average Bonchev–Trinajstić information content (AvgIpc) is 2.88. The van der Waals surface area contributed by atoms with Crippen LogP contribution in [0.25, 0.3) is 0 Å². The first-order valence-electron chi connectivity index (χ1n) is 10.9. The highest BCUT2D eigenvalue weighted by atomic mass is 35.5. The van der Waals surface area contributed by atoms with E-state index in [1.54, 1.807) is 11.7 Å². The molecule has 3 heterocycles. The Kier molecular flexibility index (Phi) is 8.72. The molecule has 0 radical (unpaired) electrons. The summed E-state index contributed by atoms with van der Waals surface area (Å²) in [6.45, 7) is 2.06. The number of nitrogens with one attached hydrogen (secondary N) is 1. The van der Waals surface area contributed by atoms with Gasteiger partial charge in [0.15, 0.2) is 4.75 Å². The fraction of sp³-hybridized carbons (Fsp3) is 0.455. The zero-order chi connectivity index (χ0) is 23.3. The van der Waals surface area contributed by atoms with Crippen molar-refractivity contribution < 1.29 is 27.9 Å². The van der Waals surface area contributed by atoms with Gasteiger partial charge in [-0.25, -0.2) is 18.9 Å². The quantitative estimate of drug-likeness (QED) is 0.424. The molecule has 0 atom stereocenters. The number of halogens is 1. The number of aromatic nitrogens is 1. The lowest BCUT2D eigenvalue weighted by Gasteiger charge is -2.41. The van der Waals surface area contributed by atoms with Gasteiger partial charge in [0.25, 0.3) is 5.91 Å². The number of pyridine rings is 1. The monoisotopic (exact) mass is 512 g/mol. The van der Waals surface area contributed by atoms with E-state index < -0.39 is 20.7 Å². The lowest BCUT2D eigenvalue weighted by molar-refractivity contribution is -0.134. The second kappa shape index (κ2) is 11.3. The second-order valence-corrected chi connectivity index (χ2v) is 10.3. The van der Waals surface area contributed by atoms with Gasteiger partial charge in [0.2, 0.25) is 10.0 Å². The molecule has 1 aromatic heterocycles. The van der Waals surface area contributed by atoms with Gasteiger partial charge in [0, 0.05) is 52.2 Å². The van der Waals surface area contributed by atoms with E-state index in [2.05, 4.69) is 4.98 Å². The number of carbonyl (C=O) groups excluding carboxylic acids is 1. The minimum atomic E-state index is -3.99. The number of ether oxygens (including phenoxy) is 2. The van der Waals surface area contributed by atoms with E-state index >= 15 is 0 Å². The Labute approximate surface area is 205 Å². The van der Waals surface area contributed by atoms with Gasteiger partial charge in [-0.3, -0.25) is 10.0 Å². The number of nitrogens with zero attached hydrogens (tertiary/aromatic N) is 3. The lowest BCUT2D eigenvalue weighted by Crippen LogP contribution is -2.62. The molecule has 10 nitrogen and oxygen atoms in total. The second-order valence-electron chi connectivity index (χ2n) is 8.07. The third-order valence-electron chi connectivity index (χ3n) is 6.18. The number of rotatable bonds is 7. The third kappa shape index (κ3) is 5.28. The molecule has 2 aliphatic rings. The highest BCUT2D eigenvalue weighted by molar-refractivity contribution is 7.91. The van der Waals surface area contributed by atoms with Crippen molar-refractivity contribution in [2.24, 2.45) is 0 Å². The number of hydrogen-bond acceptors (Lipinski definition) is 8. The molecule has 1 amide bonds. The van der Waals surface area contributed by atoms with Crippen LogP contribution in [0.3, 0.4) is 0 Å². The molecular weight excluding hydrogens is 484 g/mol. The van der Waals surface area contributed by atoms with Crippen molar-refractivity contribution in [3.8, 4) is 5.75 Å². The van der Waals surface area contributed by atoms with Crippen LogP contribution in [-0.2, 0) is 26.2 Å². The summed E-state index contributed by atoms with van der Waals surface area (Å²) in [5, 5.41) is 9.18. The van der Waals surface area contributed by atoms with Gasteiger partial charge in [-0.2, -0.15) is 4.31 Å². The Morgan fingerprint density at radius 2 is 1.76 bits per heavy atom. The zero-order valence-electron chi connectivity index (χ0n) is 18.6. The Balaban J connectivity index is 0.00000324. The SMILES string of the molecule is Cl.O=C(NO)C1(S(=O)(=O)N2CCN(c3ccc(OCc4ccccc4)cn3)CC2)CCOCC1. The fourth-order valence-corrected chi connectivity index (χ4v) is 6.30. The Morgan fingerprint density at radius 1 is 1.09 bits per heavy atom. The van der Waals surface area contributed by atoms with Crippen LogP contribution in [-0.4, -0.2) is 73.0 Å². The van der Waals surface area contributed by atoms with Crippen molar-refractivity contribution in [2.45, 2.75) is 24.2 Å². The average molecular weight is 513 g/mol. The highest BCUT2D eigenvalue weighted by Crippen LogP contribution is 2.33. The minimum Gasteiger partial charge on any atom is -0.487 e. The standard InChI is InChI=1S/C22H28N4O6S.ClH/c27-21(24-28)22(8-14-31-15-9-22)33(29,30)26-12-10-25(11-13-26)20-7-6-19(16-23-20)32-17-18-4-2-1-3-5-18;/h1-7,16,28H,8-15,17H2,(H,24,27);1H. The van der Waals surface area contributed by atoms with Crippen molar-refractivity contribution in [3.63, 3.8) is 0 Å². The van der Waals surface area contributed by atoms with Crippen molar-refractivity contribution in [2.75, 3.05) is 44.3 Å². The van der Waals surface area contributed by atoms with Crippen LogP contribution in [0.15, 0.2) is 48.7 Å². The normalized spacial score (nSPS) is 18.6. The molecule has 0 saturated carbocycles. The molecule has 0 bridgehead atoms. The van der Waals surface area contributed by atoms with E-state index in [0.29, 0.717) is 25.4 Å². The Morgan fingerprint density at radius 3 is 2.35 bits per heavy atom. The first-order chi connectivity index (χ1) is 16.0. The molecule has 12 heteroatoms. The summed E-state index contributed by atoms with van der Waals surface area (Å²) >= 11 is 0. The summed E-state index contributed by atoms with van der Waals surface area (Å²) in [5.41, 5.74) is 2.61. The molecule has 0 spiro atoms. The van der Waals surface area contributed by atoms with E-state index in [9.17, 15) is 18.4 Å². The van der Waals surface area contributed by atoms with Crippen molar-refractivity contribution in [1.29, 1.82) is 0 Å². The number of amides is 1. The van der Waals surface area contributed by atoms with E-state index in [-0.39, 0.29) is 51.6 Å². The minimum absolute atomic E-state index is 0. The van der Waals surface area contributed by atoms with Gasteiger partial charge in [-0.05, 0) is 17.7 Å². The predicted molar refractivity (Wildman–Crippen MR) is 128 cm³/mol. The van der Waals surface area contributed by atoms with E-state index in [1.165, 1.54) is 4.31 Å². The van der Waals surface area contributed by atoms with Crippen LogP contribution < -0.4 is 15.1 Å². The smallest absolute Gasteiger partial charge is 0.266 e. The van der Waals surface area contributed by atoms with Crippen LogP contribution >= 0.6 is 12.4 Å².